The van der Waals surface area contributed by atoms with Gasteiger partial charge in [-0.15, -0.1) is 0 Å². The van der Waals surface area contributed by atoms with Crippen LogP contribution in [0.1, 0.15) is 51.9 Å². The topological polar surface area (TPSA) is 173 Å². The SMILES string of the molecule is C.O=S(=O)(Oc1ccc([S+](c2ccccc2)c2ccc(OS(=O)(=O)c3cc(C(F)(F)F)cc(C(F)(F)F)c3)cc2)cc1)c1cc(C(F)(F)F)cc(C(F)(F)F)c1.O=S(=O)(Oc1ccc([S+](c2ccccc2)c2ccc(OS(=O)(=O)c3cc(C(F)(F)F)cc(C(F)(F)F)c3)cc2)cc1)c1cc(C(F)(F)F)cc(C(F)(F)F)c1. The number of halogens is 24. The summed E-state index contributed by atoms with van der Waals surface area (Å²) >= 11 is 0. The Morgan fingerprint density at radius 3 is 0.468 bits per heavy atom. The van der Waals surface area contributed by atoms with Crippen LogP contribution in [0.3, 0.4) is 0 Å². The summed E-state index contributed by atoms with van der Waals surface area (Å²) < 4.78 is 442. The number of benzene rings is 10. The van der Waals surface area contributed by atoms with Crippen molar-refractivity contribution in [2.75, 3.05) is 0 Å². The van der Waals surface area contributed by atoms with Crippen molar-refractivity contribution in [1.82, 2.24) is 0 Å². The molecule has 0 saturated carbocycles. The molecule has 0 amide bonds. The number of alkyl halides is 24. The van der Waals surface area contributed by atoms with E-state index in [2.05, 4.69) is 0 Å². The first-order chi connectivity index (χ1) is 50.5. The normalized spacial score (nSPS) is 13.1. The first-order valence-electron chi connectivity index (χ1n) is 29.4. The molecule has 0 N–H and O–H groups in total. The van der Waals surface area contributed by atoms with Crippen LogP contribution in [0.2, 0.25) is 0 Å². The molecule has 12 nitrogen and oxygen atoms in total. The molecule has 0 aliphatic rings. The van der Waals surface area contributed by atoms with Gasteiger partial charge in [0, 0.05) is 0 Å². The molecule has 10 rings (SSSR count). The summed E-state index contributed by atoms with van der Waals surface area (Å²) in [6.45, 7) is 0. The first-order valence-corrected chi connectivity index (χ1v) is 37.5. The average Bonchev–Trinajstić information content (AvgIpc) is 0.795. The van der Waals surface area contributed by atoms with Crippen LogP contribution in [0.15, 0.2) is 279 Å². The van der Waals surface area contributed by atoms with Crippen molar-refractivity contribution in [3.63, 3.8) is 0 Å². The summed E-state index contributed by atoms with van der Waals surface area (Å²) in [5.74, 6) is -1.99. The van der Waals surface area contributed by atoms with Gasteiger partial charge in [-0.1, -0.05) is 43.8 Å². The maximum absolute atomic E-state index is 13.3. The van der Waals surface area contributed by atoms with E-state index >= 15 is 0 Å². The van der Waals surface area contributed by atoms with E-state index in [1.165, 1.54) is 48.5 Å². The van der Waals surface area contributed by atoms with E-state index in [-0.39, 0.29) is 80.2 Å². The van der Waals surface area contributed by atoms with Crippen molar-refractivity contribution in [3.05, 3.63) is 275 Å². The Labute approximate surface area is 618 Å². The van der Waals surface area contributed by atoms with Crippen molar-refractivity contribution in [1.29, 1.82) is 0 Å². The highest BCUT2D eigenvalue weighted by atomic mass is 32.2. The zero-order valence-corrected chi connectivity index (χ0v) is 58.3. The summed E-state index contributed by atoms with van der Waals surface area (Å²) in [5.41, 5.74) is -15.1. The quantitative estimate of drug-likeness (QED) is 0.0452. The Morgan fingerprint density at radius 2 is 0.333 bits per heavy atom. The van der Waals surface area contributed by atoms with Crippen molar-refractivity contribution >= 4 is 62.3 Å². The molecule has 10 aromatic rings. The standard InChI is InChI=1S/2C34H19F12O6S3.CH4/c2*35-31(36,37)20-14-21(32(38,39)40)17-29(16-20)54(47,48)51-24-6-10-27(11-7-24)53(26-4-2-1-3-5-26)28-12-8-25(9-13-28)52-55(49,50)30-18-22(33(41,42)43)15-23(19-30)34(44,45)46;/h2*1-19H;1H4/q2*+1;. The van der Waals surface area contributed by atoms with Gasteiger partial charge in [0.15, 0.2) is 29.4 Å². The molecule has 111 heavy (non-hydrogen) atoms. The number of hydrogen-bond acceptors (Lipinski definition) is 12. The molecular weight excluding hydrogens is 1670 g/mol. The maximum atomic E-state index is 13.3. The zero-order chi connectivity index (χ0) is 81.6. The number of hydrogen-bond donors (Lipinski definition) is 0. The van der Waals surface area contributed by atoms with Crippen LogP contribution >= 0.6 is 0 Å². The summed E-state index contributed by atoms with van der Waals surface area (Å²) in [4.78, 5) is -2.78. The predicted molar refractivity (Wildman–Crippen MR) is 347 cm³/mol. The molecule has 0 fully saturated rings. The van der Waals surface area contributed by atoms with E-state index in [1.807, 2.05) is 0 Å². The summed E-state index contributed by atoms with van der Waals surface area (Å²) in [6.07, 6.45) is -42.6. The van der Waals surface area contributed by atoms with Gasteiger partial charge in [0.2, 0.25) is 0 Å². The molecular formula is C69H42F24O12S6+2. The van der Waals surface area contributed by atoms with Crippen LogP contribution in [0.5, 0.6) is 23.0 Å². The molecule has 10 aromatic carbocycles. The molecule has 0 heterocycles. The van der Waals surface area contributed by atoms with Crippen molar-refractivity contribution in [2.45, 2.75) is 106 Å². The van der Waals surface area contributed by atoms with Crippen LogP contribution in [0.25, 0.3) is 0 Å². The maximum Gasteiger partial charge on any atom is 0.416 e. The van der Waals surface area contributed by atoms with Gasteiger partial charge in [-0.25, -0.2) is 0 Å². The number of rotatable bonds is 18. The van der Waals surface area contributed by atoms with E-state index < -0.39 is 199 Å². The van der Waals surface area contributed by atoms with Gasteiger partial charge in [-0.2, -0.15) is 139 Å². The molecule has 0 aliphatic carbocycles. The first kappa shape index (κ1) is 86.8. The van der Waals surface area contributed by atoms with E-state index in [4.69, 9.17) is 16.7 Å². The fourth-order valence-electron chi connectivity index (χ4n) is 9.44. The predicted octanol–water partition coefficient (Wildman–Crippen LogP) is 21.4. The van der Waals surface area contributed by atoms with Crippen molar-refractivity contribution in [2.24, 2.45) is 0 Å². The summed E-state index contributed by atoms with van der Waals surface area (Å²) in [7, 11) is -23.2. The Morgan fingerprint density at radius 1 is 0.198 bits per heavy atom. The minimum absolute atomic E-state index is 0. The largest absolute Gasteiger partial charge is 0.416 e. The Hall–Kier alpha value is -9.78. The lowest BCUT2D eigenvalue weighted by molar-refractivity contribution is -0.145. The van der Waals surface area contributed by atoms with Crippen molar-refractivity contribution < 1.29 is 156 Å². The highest BCUT2D eigenvalue weighted by molar-refractivity contribution is 7.97. The molecule has 0 aliphatic heterocycles. The van der Waals surface area contributed by atoms with Gasteiger partial charge < -0.3 is 16.7 Å². The highest BCUT2D eigenvalue weighted by Gasteiger charge is 2.44. The minimum Gasteiger partial charge on any atom is -0.379 e. The van der Waals surface area contributed by atoms with E-state index in [0.29, 0.717) is 29.4 Å². The monoisotopic (exact) mass is 1710 g/mol. The molecule has 0 bridgehead atoms. The Bertz CT molecular complexity index is 4700. The van der Waals surface area contributed by atoms with Crippen LogP contribution in [-0.4, -0.2) is 33.7 Å². The van der Waals surface area contributed by atoms with Crippen LogP contribution in [0.4, 0.5) is 105 Å². The van der Waals surface area contributed by atoms with Crippen LogP contribution in [0, 0.1) is 0 Å². The Kier molecular flexibility index (Phi) is 24.8. The zero-order valence-electron chi connectivity index (χ0n) is 53.4. The van der Waals surface area contributed by atoms with Crippen LogP contribution < -0.4 is 16.7 Å². The molecule has 0 spiro atoms. The highest BCUT2D eigenvalue weighted by Crippen LogP contribution is 2.45. The smallest absolute Gasteiger partial charge is 0.379 e. The second-order valence-electron chi connectivity index (χ2n) is 22.2. The summed E-state index contributed by atoms with van der Waals surface area (Å²) in [5, 5.41) is 0. The molecule has 0 unspecified atom stereocenters. The molecule has 0 atom stereocenters. The van der Waals surface area contributed by atoms with E-state index in [9.17, 15) is 139 Å². The fraction of sp³-hybridized carbons (Fsp3) is 0.130. The summed E-state index contributed by atoms with van der Waals surface area (Å²) in [6, 6.07) is 34.7. The van der Waals surface area contributed by atoms with Gasteiger partial charge in [0.25, 0.3) is 0 Å². The van der Waals surface area contributed by atoms with Gasteiger partial charge in [-0.3, -0.25) is 0 Å². The molecule has 42 heteroatoms. The van der Waals surface area contributed by atoms with Crippen molar-refractivity contribution in [3.8, 4) is 23.0 Å². The fourth-order valence-corrected chi connectivity index (χ4v) is 17.6. The molecule has 592 valence electrons. The molecule has 0 saturated heterocycles. The Balaban J connectivity index is 0.000000276. The second-order valence-corrected chi connectivity index (χ2v) is 32.5. The van der Waals surface area contributed by atoms with E-state index in [0.717, 1.165) is 48.5 Å². The third kappa shape index (κ3) is 21.9. The lowest BCUT2D eigenvalue weighted by Crippen LogP contribution is -2.16. The lowest BCUT2D eigenvalue weighted by Gasteiger charge is -2.15. The van der Waals surface area contributed by atoms with Gasteiger partial charge in [-0.05, 0) is 194 Å². The average molecular weight is 1710 g/mol. The van der Waals surface area contributed by atoms with Gasteiger partial charge >= 0.3 is 89.9 Å². The van der Waals surface area contributed by atoms with Gasteiger partial charge in [0.05, 0.1) is 66.3 Å². The molecule has 0 aromatic heterocycles. The third-order valence-corrected chi connectivity index (χ3v) is 23.8. The van der Waals surface area contributed by atoms with E-state index in [1.54, 1.807) is 60.7 Å². The van der Waals surface area contributed by atoms with Gasteiger partial charge in [0.1, 0.15) is 42.6 Å². The second kappa shape index (κ2) is 31.8. The lowest BCUT2D eigenvalue weighted by atomic mass is 10.1. The minimum atomic E-state index is -5.33. The van der Waals surface area contributed by atoms with Crippen LogP contribution in [-0.2, 0) is 112 Å². The molecule has 0 radical (unpaired) electrons. The third-order valence-electron chi connectivity index (χ3n) is 14.4.